The third-order valence-electron chi connectivity index (χ3n) is 6.96. The van der Waals surface area contributed by atoms with Gasteiger partial charge in [-0.1, -0.05) is 85.8 Å². The van der Waals surface area contributed by atoms with Crippen molar-refractivity contribution in [2.45, 2.75) is 81.6 Å². The van der Waals surface area contributed by atoms with Crippen LogP contribution in [0.2, 0.25) is 0 Å². The fourth-order valence-corrected chi connectivity index (χ4v) is 4.85. The van der Waals surface area contributed by atoms with E-state index in [0.29, 0.717) is 5.41 Å². The molecular formula is C28H38Hf-2. The summed E-state index contributed by atoms with van der Waals surface area (Å²) in [4.78, 5) is 0. The first-order valence-corrected chi connectivity index (χ1v) is 10.9. The molecular weight excluding hydrogens is 515 g/mol. The van der Waals surface area contributed by atoms with Crippen LogP contribution >= 0.6 is 0 Å². The SMILES string of the molecule is CC(C)C[c-]1ccc2cc3c(cc21)CC(C)(C)C3.Cc1c(C)c(C)[c-](C)c1C.[Hf]. The summed E-state index contributed by atoms with van der Waals surface area (Å²) in [5, 5.41) is 2.95. The Bertz CT molecular complexity index is 911. The van der Waals surface area contributed by atoms with Crippen LogP contribution in [0.3, 0.4) is 0 Å². The molecule has 0 atom stereocenters. The normalized spacial score (nSPS) is 14.6. The van der Waals surface area contributed by atoms with Crippen LogP contribution in [0.4, 0.5) is 0 Å². The predicted octanol–water partition coefficient (Wildman–Crippen LogP) is 7.83. The van der Waals surface area contributed by atoms with E-state index < -0.39 is 0 Å². The number of hydrogen-bond donors (Lipinski definition) is 0. The van der Waals surface area contributed by atoms with Crippen LogP contribution < -0.4 is 0 Å². The first-order valence-electron chi connectivity index (χ1n) is 10.9. The second-order valence-corrected chi connectivity index (χ2v) is 10.3. The van der Waals surface area contributed by atoms with Crippen LogP contribution in [0.1, 0.15) is 72.2 Å². The van der Waals surface area contributed by atoms with Gasteiger partial charge in [-0.3, -0.25) is 0 Å². The van der Waals surface area contributed by atoms with E-state index in [4.69, 9.17) is 0 Å². The third kappa shape index (κ3) is 5.04. The van der Waals surface area contributed by atoms with Crippen molar-refractivity contribution < 1.29 is 25.8 Å². The van der Waals surface area contributed by atoms with E-state index in [1.165, 1.54) is 63.4 Å². The molecule has 0 saturated heterocycles. The summed E-state index contributed by atoms with van der Waals surface area (Å²) < 4.78 is 0. The van der Waals surface area contributed by atoms with E-state index in [2.05, 4.69) is 86.6 Å². The molecule has 3 aromatic rings. The van der Waals surface area contributed by atoms with Gasteiger partial charge in [-0.05, 0) is 18.3 Å². The van der Waals surface area contributed by atoms with E-state index in [-0.39, 0.29) is 25.8 Å². The zero-order valence-corrected chi connectivity index (χ0v) is 23.6. The molecule has 0 bridgehead atoms. The van der Waals surface area contributed by atoms with Crippen LogP contribution in [-0.2, 0) is 45.1 Å². The van der Waals surface area contributed by atoms with E-state index in [0.717, 1.165) is 5.92 Å². The van der Waals surface area contributed by atoms with Gasteiger partial charge < -0.3 is 0 Å². The summed E-state index contributed by atoms with van der Waals surface area (Å²) >= 11 is 0. The fourth-order valence-electron chi connectivity index (χ4n) is 4.85. The molecule has 0 saturated carbocycles. The smallest absolute Gasteiger partial charge is 0 e. The van der Waals surface area contributed by atoms with Crippen molar-refractivity contribution in [2.24, 2.45) is 11.3 Å². The van der Waals surface area contributed by atoms with E-state index >= 15 is 0 Å². The maximum Gasteiger partial charge on any atom is 0 e. The standard InChI is InChI=1S/C18H23.C10H15.Hf/c1-12(2)7-13-5-6-14-8-15-10-18(3,4)11-16(15)9-17(13)14;1-6-7(2)9(4)10(5)8(6)3;/h5-6,8-9,12H,7,10-11H2,1-4H3;1-5H3;/q2*-1;. The monoisotopic (exact) mass is 554 g/mol. The number of benzene rings is 1. The van der Waals surface area contributed by atoms with Gasteiger partial charge in [0.25, 0.3) is 0 Å². The van der Waals surface area contributed by atoms with Gasteiger partial charge in [0.2, 0.25) is 0 Å². The van der Waals surface area contributed by atoms with Crippen molar-refractivity contribution in [3.8, 4) is 0 Å². The molecule has 0 radical (unpaired) electrons. The average molecular weight is 553 g/mol. The Morgan fingerprint density at radius 1 is 0.931 bits per heavy atom. The minimum absolute atomic E-state index is 0. The molecule has 0 nitrogen and oxygen atoms in total. The zero-order valence-electron chi connectivity index (χ0n) is 20.0. The number of hydrogen-bond acceptors (Lipinski definition) is 0. The van der Waals surface area contributed by atoms with Crippen LogP contribution in [0.15, 0.2) is 24.3 Å². The molecule has 4 rings (SSSR count). The molecule has 1 heteroatoms. The van der Waals surface area contributed by atoms with Gasteiger partial charge in [0, 0.05) is 25.8 Å². The average Bonchev–Trinajstić information content (AvgIpc) is 3.18. The number of fused-ring (bicyclic) bond motifs is 2. The van der Waals surface area contributed by atoms with Crippen molar-refractivity contribution in [1.29, 1.82) is 0 Å². The Morgan fingerprint density at radius 2 is 1.45 bits per heavy atom. The van der Waals surface area contributed by atoms with Gasteiger partial charge >= 0.3 is 0 Å². The summed E-state index contributed by atoms with van der Waals surface area (Å²) in [6, 6.07) is 9.53. The Balaban J connectivity index is 0.000000234. The van der Waals surface area contributed by atoms with Gasteiger partial charge in [0.15, 0.2) is 0 Å². The maximum absolute atomic E-state index is 2.47. The Labute approximate surface area is 197 Å². The van der Waals surface area contributed by atoms with Crippen LogP contribution in [-0.4, -0.2) is 0 Å². The van der Waals surface area contributed by atoms with Crippen molar-refractivity contribution in [1.82, 2.24) is 0 Å². The van der Waals surface area contributed by atoms with Gasteiger partial charge in [-0.2, -0.15) is 33.9 Å². The molecule has 1 aliphatic rings. The molecule has 0 amide bonds. The molecule has 0 spiro atoms. The molecule has 0 aromatic heterocycles. The molecule has 3 aromatic carbocycles. The van der Waals surface area contributed by atoms with E-state index in [9.17, 15) is 0 Å². The molecule has 0 N–H and O–H groups in total. The molecule has 1 aliphatic carbocycles. The summed E-state index contributed by atoms with van der Waals surface area (Å²) in [5.74, 6) is 0.736. The minimum atomic E-state index is 0. The second-order valence-electron chi connectivity index (χ2n) is 10.3. The van der Waals surface area contributed by atoms with Gasteiger partial charge in [-0.25, -0.2) is 0 Å². The molecule has 156 valence electrons. The first kappa shape index (κ1) is 24.3. The Hall–Kier alpha value is -0.950. The van der Waals surface area contributed by atoms with Gasteiger partial charge in [-0.15, -0.1) is 34.5 Å². The Kier molecular flexibility index (Phi) is 7.59. The quantitative estimate of drug-likeness (QED) is 0.224. The minimum Gasteiger partial charge on any atom is -0.196 e. The van der Waals surface area contributed by atoms with Crippen molar-refractivity contribution in [3.05, 3.63) is 68.8 Å². The summed E-state index contributed by atoms with van der Waals surface area (Å²) in [6.07, 6.45) is 3.68. The Morgan fingerprint density at radius 3 is 1.90 bits per heavy atom. The molecule has 0 unspecified atom stereocenters. The van der Waals surface area contributed by atoms with Crippen LogP contribution in [0.5, 0.6) is 0 Å². The topological polar surface area (TPSA) is 0 Å². The third-order valence-corrected chi connectivity index (χ3v) is 6.96. The van der Waals surface area contributed by atoms with E-state index in [1.807, 2.05) is 0 Å². The molecule has 0 fully saturated rings. The zero-order chi connectivity index (χ0) is 20.8. The van der Waals surface area contributed by atoms with Crippen LogP contribution in [0, 0.1) is 46.0 Å². The summed E-state index contributed by atoms with van der Waals surface area (Å²) in [6.45, 7) is 20.4. The van der Waals surface area contributed by atoms with Crippen LogP contribution in [0.25, 0.3) is 10.8 Å². The van der Waals surface area contributed by atoms with Crippen molar-refractivity contribution in [3.63, 3.8) is 0 Å². The van der Waals surface area contributed by atoms with Gasteiger partial charge in [0.1, 0.15) is 0 Å². The van der Waals surface area contributed by atoms with Crippen molar-refractivity contribution in [2.75, 3.05) is 0 Å². The maximum atomic E-state index is 2.47. The molecule has 29 heavy (non-hydrogen) atoms. The van der Waals surface area contributed by atoms with Gasteiger partial charge in [0.05, 0.1) is 0 Å². The fraction of sp³-hybridized carbons (Fsp3) is 0.500. The summed E-state index contributed by atoms with van der Waals surface area (Å²) in [5.41, 5.74) is 12.5. The van der Waals surface area contributed by atoms with E-state index in [1.54, 1.807) is 11.1 Å². The number of rotatable bonds is 2. The summed E-state index contributed by atoms with van der Waals surface area (Å²) in [7, 11) is 0. The first-order chi connectivity index (χ1) is 13.0. The van der Waals surface area contributed by atoms with Crippen molar-refractivity contribution >= 4 is 10.8 Å². The predicted molar refractivity (Wildman–Crippen MR) is 125 cm³/mol. The molecule has 0 aliphatic heterocycles. The second kappa shape index (κ2) is 9.04. The largest absolute Gasteiger partial charge is 0.196 e. The molecule has 0 heterocycles.